The third kappa shape index (κ3) is 2.98. The van der Waals surface area contributed by atoms with E-state index >= 15 is 0 Å². The van der Waals surface area contributed by atoms with Crippen LogP contribution in [0.25, 0.3) is 0 Å². The Morgan fingerprint density at radius 1 is 1.16 bits per heavy atom. The second-order valence-electron chi connectivity index (χ2n) is 4.34. The summed E-state index contributed by atoms with van der Waals surface area (Å²) in [5.74, 6) is -0.652. The Morgan fingerprint density at radius 3 is 2.47 bits per heavy atom. The molecular formula is C13H16N2O4. The molecule has 0 fully saturated rings. The molecule has 0 aliphatic carbocycles. The van der Waals surface area contributed by atoms with Gasteiger partial charge < -0.3 is 15.3 Å². The van der Waals surface area contributed by atoms with Gasteiger partial charge in [0.25, 0.3) is 5.91 Å². The number of amides is 1. The molecule has 0 saturated heterocycles. The SMILES string of the molecule is O=C1[C@@H](O)[C@H](O)C(CO)=NN1CCc1ccccc1. The highest BCUT2D eigenvalue weighted by molar-refractivity contribution is 5.99. The average molecular weight is 264 g/mol. The fraction of sp³-hybridized carbons (Fsp3) is 0.385. The smallest absolute Gasteiger partial charge is 0.274 e. The molecule has 1 aromatic carbocycles. The maximum absolute atomic E-state index is 11.7. The molecule has 1 aliphatic rings. The monoisotopic (exact) mass is 264 g/mol. The first-order chi connectivity index (χ1) is 9.13. The third-order valence-electron chi connectivity index (χ3n) is 3.01. The zero-order valence-electron chi connectivity index (χ0n) is 10.3. The van der Waals surface area contributed by atoms with Crippen molar-refractivity contribution in [2.24, 2.45) is 5.10 Å². The highest BCUT2D eigenvalue weighted by atomic mass is 16.3. The van der Waals surface area contributed by atoms with E-state index < -0.39 is 24.7 Å². The molecule has 2 atom stereocenters. The first-order valence-corrected chi connectivity index (χ1v) is 6.03. The molecule has 0 saturated carbocycles. The van der Waals surface area contributed by atoms with Gasteiger partial charge in [-0.3, -0.25) is 4.79 Å². The van der Waals surface area contributed by atoms with Crippen LogP contribution in [0.2, 0.25) is 0 Å². The van der Waals surface area contributed by atoms with Gasteiger partial charge in [0.05, 0.1) is 12.3 Å². The molecule has 0 unspecified atom stereocenters. The number of aliphatic hydroxyl groups is 3. The lowest BCUT2D eigenvalue weighted by atomic mass is 10.1. The van der Waals surface area contributed by atoms with Crippen LogP contribution in [0.3, 0.4) is 0 Å². The number of nitrogens with zero attached hydrogens (tertiary/aromatic N) is 2. The Labute approximate surface area is 110 Å². The van der Waals surface area contributed by atoms with Crippen LogP contribution in [0, 0.1) is 0 Å². The van der Waals surface area contributed by atoms with Crippen LogP contribution >= 0.6 is 0 Å². The molecule has 1 aliphatic heterocycles. The normalized spacial score (nSPS) is 23.4. The van der Waals surface area contributed by atoms with E-state index in [9.17, 15) is 15.0 Å². The Bertz CT molecular complexity index is 475. The largest absolute Gasteiger partial charge is 0.390 e. The van der Waals surface area contributed by atoms with Crippen LogP contribution < -0.4 is 0 Å². The van der Waals surface area contributed by atoms with E-state index in [0.29, 0.717) is 6.42 Å². The summed E-state index contributed by atoms with van der Waals surface area (Å²) >= 11 is 0. The maximum atomic E-state index is 11.7. The lowest BCUT2D eigenvalue weighted by Crippen LogP contribution is -2.52. The number of hydrogen-bond acceptors (Lipinski definition) is 5. The van der Waals surface area contributed by atoms with E-state index in [-0.39, 0.29) is 12.3 Å². The molecule has 2 rings (SSSR count). The van der Waals surface area contributed by atoms with Gasteiger partial charge in [0.1, 0.15) is 6.10 Å². The highest BCUT2D eigenvalue weighted by Crippen LogP contribution is 2.12. The van der Waals surface area contributed by atoms with Gasteiger partial charge in [-0.25, -0.2) is 5.01 Å². The summed E-state index contributed by atoms with van der Waals surface area (Å²) in [4.78, 5) is 11.7. The van der Waals surface area contributed by atoms with Crippen molar-refractivity contribution in [3.05, 3.63) is 35.9 Å². The number of hydrogen-bond donors (Lipinski definition) is 3. The van der Waals surface area contributed by atoms with Gasteiger partial charge >= 0.3 is 0 Å². The number of hydrazone groups is 1. The Hall–Kier alpha value is -1.76. The van der Waals surface area contributed by atoms with Crippen LogP contribution in [-0.4, -0.2) is 57.3 Å². The Kier molecular flexibility index (Phi) is 4.26. The Balaban J connectivity index is 2.07. The first-order valence-electron chi connectivity index (χ1n) is 6.03. The second-order valence-corrected chi connectivity index (χ2v) is 4.34. The lowest BCUT2D eigenvalue weighted by molar-refractivity contribution is -0.145. The van der Waals surface area contributed by atoms with Crippen molar-refractivity contribution in [1.82, 2.24) is 5.01 Å². The first kappa shape index (κ1) is 13.7. The van der Waals surface area contributed by atoms with Gasteiger partial charge in [-0.15, -0.1) is 0 Å². The zero-order valence-corrected chi connectivity index (χ0v) is 10.3. The van der Waals surface area contributed by atoms with Crippen LogP contribution in [0.1, 0.15) is 5.56 Å². The van der Waals surface area contributed by atoms with E-state index in [0.717, 1.165) is 10.6 Å². The van der Waals surface area contributed by atoms with Crippen LogP contribution in [0.15, 0.2) is 35.4 Å². The van der Waals surface area contributed by atoms with E-state index in [1.165, 1.54) is 0 Å². The van der Waals surface area contributed by atoms with Crippen molar-refractivity contribution in [2.75, 3.05) is 13.2 Å². The van der Waals surface area contributed by atoms with Crippen molar-refractivity contribution in [1.29, 1.82) is 0 Å². The van der Waals surface area contributed by atoms with Gasteiger partial charge in [0, 0.05) is 6.54 Å². The van der Waals surface area contributed by atoms with Gasteiger partial charge in [-0.2, -0.15) is 5.10 Å². The molecule has 0 radical (unpaired) electrons. The van der Waals surface area contributed by atoms with E-state index in [1.807, 2.05) is 30.3 Å². The summed E-state index contributed by atoms with van der Waals surface area (Å²) in [5.41, 5.74) is 1.04. The molecule has 1 aromatic rings. The summed E-state index contributed by atoms with van der Waals surface area (Å²) in [6.45, 7) is -0.205. The van der Waals surface area contributed by atoms with E-state index in [1.54, 1.807) is 0 Å². The summed E-state index contributed by atoms with van der Waals surface area (Å²) in [6, 6.07) is 9.55. The van der Waals surface area contributed by atoms with Gasteiger partial charge in [-0.05, 0) is 12.0 Å². The number of benzene rings is 1. The number of aliphatic hydroxyl groups excluding tert-OH is 3. The van der Waals surface area contributed by atoms with Gasteiger partial charge in [-0.1, -0.05) is 30.3 Å². The molecule has 0 spiro atoms. The number of rotatable bonds is 4. The molecular weight excluding hydrogens is 248 g/mol. The molecule has 3 N–H and O–H groups in total. The molecule has 1 heterocycles. The quantitative estimate of drug-likeness (QED) is 0.660. The van der Waals surface area contributed by atoms with Crippen LogP contribution in [-0.2, 0) is 11.2 Å². The minimum Gasteiger partial charge on any atom is -0.390 e. The van der Waals surface area contributed by atoms with E-state index in [4.69, 9.17) is 5.11 Å². The highest BCUT2D eigenvalue weighted by Gasteiger charge is 2.36. The molecule has 0 bridgehead atoms. The zero-order chi connectivity index (χ0) is 13.8. The molecule has 6 nitrogen and oxygen atoms in total. The summed E-state index contributed by atoms with van der Waals surface area (Å²) < 4.78 is 0. The van der Waals surface area contributed by atoms with Crippen molar-refractivity contribution in [3.63, 3.8) is 0 Å². The maximum Gasteiger partial charge on any atom is 0.274 e. The number of carbonyl (C=O) groups is 1. The van der Waals surface area contributed by atoms with Crippen molar-refractivity contribution in [3.8, 4) is 0 Å². The van der Waals surface area contributed by atoms with Crippen molar-refractivity contribution < 1.29 is 20.1 Å². The average Bonchev–Trinajstić information content (AvgIpc) is 2.45. The third-order valence-corrected chi connectivity index (χ3v) is 3.01. The van der Waals surface area contributed by atoms with Gasteiger partial charge in [0.2, 0.25) is 0 Å². The predicted octanol–water partition coefficient (Wildman–Crippen LogP) is -0.859. The van der Waals surface area contributed by atoms with E-state index in [2.05, 4.69) is 5.10 Å². The minimum atomic E-state index is -1.56. The molecule has 6 heteroatoms. The Morgan fingerprint density at radius 2 is 1.84 bits per heavy atom. The standard InChI is InChI=1S/C13H16N2O4/c16-8-10-11(17)12(18)13(19)15(14-10)7-6-9-4-2-1-3-5-9/h1-5,11-12,16-18H,6-8H2/t11-,12+/m1/s1. The predicted molar refractivity (Wildman–Crippen MR) is 68.4 cm³/mol. The topological polar surface area (TPSA) is 93.4 Å². The molecule has 102 valence electrons. The number of carbonyl (C=O) groups excluding carboxylic acids is 1. The van der Waals surface area contributed by atoms with Crippen molar-refractivity contribution in [2.45, 2.75) is 18.6 Å². The summed E-state index contributed by atoms with van der Waals surface area (Å²) in [7, 11) is 0. The molecule has 0 aromatic heterocycles. The second kappa shape index (κ2) is 5.92. The summed E-state index contributed by atoms with van der Waals surface area (Å²) in [6.07, 6.45) is -2.40. The lowest BCUT2D eigenvalue weighted by Gasteiger charge is -2.29. The van der Waals surface area contributed by atoms with Crippen LogP contribution in [0.5, 0.6) is 0 Å². The fourth-order valence-corrected chi connectivity index (χ4v) is 1.90. The summed E-state index contributed by atoms with van der Waals surface area (Å²) in [5, 5.41) is 33.1. The van der Waals surface area contributed by atoms with Crippen LogP contribution in [0.4, 0.5) is 0 Å². The minimum absolute atomic E-state index is 0.000150. The molecule has 19 heavy (non-hydrogen) atoms. The molecule has 1 amide bonds. The van der Waals surface area contributed by atoms with Gasteiger partial charge in [0.15, 0.2) is 6.10 Å². The fourth-order valence-electron chi connectivity index (χ4n) is 1.90. The van der Waals surface area contributed by atoms with Crippen molar-refractivity contribution >= 4 is 11.6 Å².